The second kappa shape index (κ2) is 10.1. The van der Waals surface area contributed by atoms with Crippen LogP contribution in [0.1, 0.15) is 48.5 Å². The minimum absolute atomic E-state index is 0.0885. The smallest absolute Gasteiger partial charge is 0.265 e. The molecule has 3 amide bonds. The molecule has 31 heavy (non-hydrogen) atoms. The molecule has 3 rings (SSSR count). The lowest BCUT2D eigenvalue weighted by atomic mass is 10.1. The van der Waals surface area contributed by atoms with Gasteiger partial charge in [-0.3, -0.25) is 14.4 Å². The number of amides is 3. The maximum Gasteiger partial charge on any atom is 0.265 e. The van der Waals surface area contributed by atoms with Crippen molar-refractivity contribution in [2.75, 3.05) is 24.7 Å². The third kappa shape index (κ3) is 5.65. The third-order valence-electron chi connectivity index (χ3n) is 5.27. The van der Waals surface area contributed by atoms with E-state index in [0.717, 1.165) is 18.9 Å². The number of halogens is 4. The lowest BCUT2D eigenvalue weighted by Gasteiger charge is -2.29. The molecule has 2 fully saturated rings. The molecule has 1 aliphatic heterocycles. The molecule has 0 unspecified atom stereocenters. The summed E-state index contributed by atoms with van der Waals surface area (Å²) in [7, 11) is 0. The first-order valence-electron chi connectivity index (χ1n) is 9.91. The van der Waals surface area contributed by atoms with Crippen molar-refractivity contribution in [1.29, 1.82) is 0 Å². The predicted molar refractivity (Wildman–Crippen MR) is 112 cm³/mol. The van der Waals surface area contributed by atoms with E-state index in [9.17, 15) is 27.6 Å². The number of hydrogen-bond acceptors (Lipinski definition) is 4. The monoisotopic (exact) mass is 477 g/mol. The van der Waals surface area contributed by atoms with E-state index in [1.54, 1.807) is 9.80 Å². The number of hydrogen-bond donors (Lipinski definition) is 1. The Morgan fingerprint density at radius 2 is 2.03 bits per heavy atom. The van der Waals surface area contributed by atoms with Gasteiger partial charge in [0.1, 0.15) is 11.9 Å². The molecule has 0 radical (unpaired) electrons. The fourth-order valence-corrected chi connectivity index (χ4v) is 4.91. The van der Waals surface area contributed by atoms with Crippen molar-refractivity contribution in [3.8, 4) is 0 Å². The lowest BCUT2D eigenvalue weighted by Crippen LogP contribution is -2.49. The summed E-state index contributed by atoms with van der Waals surface area (Å²) >= 11 is 7.25. The van der Waals surface area contributed by atoms with E-state index in [-0.39, 0.29) is 29.4 Å². The van der Waals surface area contributed by atoms with Crippen LogP contribution < -0.4 is 5.32 Å². The number of benzene rings is 1. The molecule has 1 N–H and O–H groups in total. The van der Waals surface area contributed by atoms with Crippen LogP contribution in [0.15, 0.2) is 12.1 Å². The first-order chi connectivity index (χ1) is 14.7. The van der Waals surface area contributed by atoms with Gasteiger partial charge in [0.2, 0.25) is 11.8 Å². The van der Waals surface area contributed by atoms with Gasteiger partial charge in [-0.2, -0.15) is 0 Å². The van der Waals surface area contributed by atoms with Crippen molar-refractivity contribution in [2.24, 2.45) is 0 Å². The number of carbonyl (C=O) groups excluding carboxylic acids is 3. The van der Waals surface area contributed by atoms with E-state index in [4.69, 9.17) is 11.6 Å². The van der Waals surface area contributed by atoms with Gasteiger partial charge in [-0.1, -0.05) is 11.6 Å². The van der Waals surface area contributed by atoms with Gasteiger partial charge in [0.25, 0.3) is 12.3 Å². The largest absolute Gasteiger partial charge is 0.352 e. The standard InChI is InChI=1S/C20H23ClF3N3O3S/c1-11(28)27-10-31-9-17(27)20(30)26(12-3-4-12)6-2-5-25-19(29)14-7-15(21)13(18(23)24)8-16(14)22/h7-8,12,17-18H,2-6,9-10H2,1H3,(H,25,29)/t17-/m0/s1. The maximum atomic E-state index is 14.0. The van der Waals surface area contributed by atoms with Crippen LogP contribution in [0.2, 0.25) is 5.02 Å². The van der Waals surface area contributed by atoms with Gasteiger partial charge in [0.15, 0.2) is 0 Å². The maximum absolute atomic E-state index is 14.0. The minimum atomic E-state index is -2.94. The Kier molecular flexibility index (Phi) is 7.74. The van der Waals surface area contributed by atoms with Gasteiger partial charge < -0.3 is 15.1 Å². The molecule has 1 heterocycles. The van der Waals surface area contributed by atoms with Crippen molar-refractivity contribution >= 4 is 41.1 Å². The topological polar surface area (TPSA) is 69.7 Å². The highest BCUT2D eigenvalue weighted by atomic mass is 35.5. The molecule has 170 valence electrons. The van der Waals surface area contributed by atoms with Crippen LogP contribution in [0.25, 0.3) is 0 Å². The zero-order valence-electron chi connectivity index (χ0n) is 16.9. The van der Waals surface area contributed by atoms with Crippen LogP contribution >= 0.6 is 23.4 Å². The molecule has 0 spiro atoms. The van der Waals surface area contributed by atoms with Crippen molar-refractivity contribution < 1.29 is 27.6 Å². The van der Waals surface area contributed by atoms with Gasteiger partial charge in [0, 0.05) is 37.4 Å². The lowest BCUT2D eigenvalue weighted by molar-refractivity contribution is -0.142. The average molecular weight is 478 g/mol. The summed E-state index contributed by atoms with van der Waals surface area (Å²) in [4.78, 5) is 40.3. The van der Waals surface area contributed by atoms with Gasteiger partial charge in [0.05, 0.1) is 16.5 Å². The summed E-state index contributed by atoms with van der Waals surface area (Å²) < 4.78 is 39.6. The number of thioether (sulfide) groups is 1. The Morgan fingerprint density at radius 3 is 2.65 bits per heavy atom. The molecule has 1 aliphatic carbocycles. The van der Waals surface area contributed by atoms with Crippen molar-refractivity contribution in [3.63, 3.8) is 0 Å². The summed E-state index contributed by atoms with van der Waals surface area (Å²) in [6.45, 7) is 2.01. The molecule has 1 aromatic carbocycles. The molecular formula is C20H23ClF3N3O3S. The first-order valence-corrected chi connectivity index (χ1v) is 11.4. The third-order valence-corrected chi connectivity index (χ3v) is 6.61. The van der Waals surface area contributed by atoms with E-state index >= 15 is 0 Å². The van der Waals surface area contributed by atoms with Crippen molar-refractivity contribution in [1.82, 2.24) is 15.1 Å². The SMILES string of the molecule is CC(=O)N1CSC[C@H]1C(=O)N(CCCNC(=O)c1cc(Cl)c(C(F)F)cc1F)C1CC1. The van der Waals surface area contributed by atoms with Crippen molar-refractivity contribution in [3.05, 3.63) is 34.1 Å². The first kappa shape index (κ1) is 23.7. The number of nitrogens with zero attached hydrogens (tertiary/aromatic N) is 2. The molecule has 0 bridgehead atoms. The van der Waals surface area contributed by atoms with Crippen LogP contribution in [0.5, 0.6) is 0 Å². The van der Waals surface area contributed by atoms with Crippen LogP contribution in [0.3, 0.4) is 0 Å². The summed E-state index contributed by atoms with van der Waals surface area (Å²) in [5, 5.41) is 2.16. The Hall–Kier alpha value is -1.94. The van der Waals surface area contributed by atoms with Crippen LogP contribution in [-0.2, 0) is 9.59 Å². The van der Waals surface area contributed by atoms with Gasteiger partial charge >= 0.3 is 0 Å². The zero-order valence-corrected chi connectivity index (χ0v) is 18.4. The Bertz CT molecular complexity index is 870. The van der Waals surface area contributed by atoms with E-state index in [0.29, 0.717) is 30.7 Å². The molecule has 1 aromatic rings. The quantitative estimate of drug-likeness (QED) is 0.582. The summed E-state index contributed by atoms with van der Waals surface area (Å²) in [6, 6.07) is 1.13. The molecular weight excluding hydrogens is 455 g/mol. The number of carbonyl (C=O) groups is 3. The van der Waals surface area contributed by atoms with E-state index in [2.05, 4.69) is 5.32 Å². The summed E-state index contributed by atoms with van der Waals surface area (Å²) in [6.07, 6.45) is -0.711. The van der Waals surface area contributed by atoms with E-state index < -0.39 is 35.3 Å². The molecule has 1 saturated heterocycles. The number of alkyl halides is 2. The molecule has 1 saturated carbocycles. The normalized spacial score (nSPS) is 18.4. The Labute approximate surface area is 187 Å². The van der Waals surface area contributed by atoms with Gasteiger partial charge in [-0.25, -0.2) is 13.2 Å². The number of nitrogens with one attached hydrogen (secondary N) is 1. The van der Waals surface area contributed by atoms with Crippen LogP contribution in [0, 0.1) is 5.82 Å². The average Bonchev–Trinajstić information content (AvgIpc) is 3.42. The van der Waals surface area contributed by atoms with Crippen LogP contribution in [0.4, 0.5) is 13.2 Å². The fraction of sp³-hybridized carbons (Fsp3) is 0.550. The zero-order chi connectivity index (χ0) is 22.7. The highest BCUT2D eigenvalue weighted by Gasteiger charge is 2.40. The fourth-order valence-electron chi connectivity index (χ4n) is 3.46. The second-order valence-electron chi connectivity index (χ2n) is 7.53. The summed E-state index contributed by atoms with van der Waals surface area (Å²) in [5.74, 6) is -1.000. The minimum Gasteiger partial charge on any atom is -0.352 e. The summed E-state index contributed by atoms with van der Waals surface area (Å²) in [5.41, 5.74) is -1.08. The second-order valence-corrected chi connectivity index (χ2v) is 8.94. The predicted octanol–water partition coefficient (Wildman–Crippen LogP) is 3.45. The van der Waals surface area contributed by atoms with Gasteiger partial charge in [-0.15, -0.1) is 11.8 Å². The molecule has 1 atom stereocenters. The van der Waals surface area contributed by atoms with Crippen molar-refractivity contribution in [2.45, 2.75) is 44.7 Å². The highest BCUT2D eigenvalue weighted by molar-refractivity contribution is 7.99. The molecule has 0 aromatic heterocycles. The molecule has 2 aliphatic rings. The highest BCUT2D eigenvalue weighted by Crippen LogP contribution is 2.31. The number of rotatable bonds is 8. The van der Waals surface area contributed by atoms with Gasteiger partial charge in [-0.05, 0) is 31.4 Å². The Balaban J connectivity index is 1.54. The molecule has 11 heteroatoms. The van der Waals surface area contributed by atoms with E-state index in [1.807, 2.05) is 0 Å². The van der Waals surface area contributed by atoms with Crippen LogP contribution in [-0.4, -0.2) is 64.3 Å². The van der Waals surface area contributed by atoms with E-state index in [1.165, 1.54) is 18.7 Å². The molecule has 6 nitrogen and oxygen atoms in total. The Morgan fingerprint density at radius 1 is 1.32 bits per heavy atom.